The molecule has 4 atom stereocenters. The van der Waals surface area contributed by atoms with Crippen molar-refractivity contribution in [3.8, 4) is 0 Å². The fourth-order valence-corrected chi connectivity index (χ4v) is 4.18. The van der Waals surface area contributed by atoms with Crippen molar-refractivity contribution >= 4 is 0 Å². The molecule has 2 rings (SSSR count). The maximum absolute atomic E-state index is 9.51. The van der Waals surface area contributed by atoms with Gasteiger partial charge in [-0.3, -0.25) is 4.90 Å². The maximum Gasteiger partial charge on any atom is 0.0586 e. The molecule has 0 radical (unpaired) electrons. The Labute approximate surface area is 125 Å². The zero-order valence-corrected chi connectivity index (χ0v) is 13.5. The van der Waals surface area contributed by atoms with E-state index in [2.05, 4.69) is 24.1 Å². The first-order valence-electron chi connectivity index (χ1n) is 8.86. The van der Waals surface area contributed by atoms with Gasteiger partial charge < -0.3 is 10.4 Å². The molecule has 1 saturated heterocycles. The molecule has 2 aliphatic rings. The van der Waals surface area contributed by atoms with Crippen LogP contribution in [0.15, 0.2) is 0 Å². The van der Waals surface area contributed by atoms with E-state index >= 15 is 0 Å². The summed E-state index contributed by atoms with van der Waals surface area (Å²) in [5.41, 5.74) is 0. The monoisotopic (exact) mass is 282 g/mol. The fraction of sp³-hybridized carbons (Fsp3) is 1.00. The molecule has 1 heterocycles. The van der Waals surface area contributed by atoms with Crippen molar-refractivity contribution in [2.45, 2.75) is 70.9 Å². The second kappa shape index (κ2) is 8.35. The smallest absolute Gasteiger partial charge is 0.0586 e. The Hall–Kier alpha value is -0.120. The van der Waals surface area contributed by atoms with Crippen LogP contribution >= 0.6 is 0 Å². The topological polar surface area (TPSA) is 35.5 Å². The highest BCUT2D eigenvalue weighted by Crippen LogP contribution is 2.33. The van der Waals surface area contributed by atoms with Crippen LogP contribution in [-0.4, -0.2) is 48.3 Å². The summed E-state index contributed by atoms with van der Waals surface area (Å²) in [6, 6.07) is 1.14. The van der Waals surface area contributed by atoms with Crippen LogP contribution < -0.4 is 5.32 Å². The zero-order valence-electron chi connectivity index (χ0n) is 13.5. The van der Waals surface area contributed by atoms with Gasteiger partial charge in [-0.2, -0.15) is 0 Å². The largest absolute Gasteiger partial charge is 0.395 e. The summed E-state index contributed by atoms with van der Waals surface area (Å²) in [5, 5.41) is 13.3. The van der Waals surface area contributed by atoms with Crippen molar-refractivity contribution < 1.29 is 5.11 Å². The van der Waals surface area contributed by atoms with Gasteiger partial charge in [0.05, 0.1) is 6.61 Å². The third kappa shape index (κ3) is 4.19. The van der Waals surface area contributed by atoms with E-state index < -0.39 is 0 Å². The average Bonchev–Trinajstić information content (AvgIpc) is 2.93. The van der Waals surface area contributed by atoms with Crippen molar-refractivity contribution in [2.24, 2.45) is 11.8 Å². The van der Waals surface area contributed by atoms with Crippen LogP contribution in [-0.2, 0) is 0 Å². The van der Waals surface area contributed by atoms with Crippen LogP contribution in [0.4, 0.5) is 0 Å². The summed E-state index contributed by atoms with van der Waals surface area (Å²) in [7, 11) is 0. The summed E-state index contributed by atoms with van der Waals surface area (Å²) < 4.78 is 0. The lowest BCUT2D eigenvalue weighted by Crippen LogP contribution is -2.47. The van der Waals surface area contributed by atoms with E-state index in [1.165, 1.54) is 58.0 Å². The van der Waals surface area contributed by atoms with E-state index in [0.29, 0.717) is 18.7 Å². The van der Waals surface area contributed by atoms with Gasteiger partial charge in [0, 0.05) is 18.6 Å². The SMILES string of the molecule is CCCNC1CCC(CC)CC1CN1CCCC1CO. The highest BCUT2D eigenvalue weighted by atomic mass is 16.3. The predicted molar refractivity (Wildman–Crippen MR) is 84.9 cm³/mol. The van der Waals surface area contributed by atoms with Gasteiger partial charge in [-0.05, 0) is 63.5 Å². The van der Waals surface area contributed by atoms with E-state index in [4.69, 9.17) is 0 Å². The van der Waals surface area contributed by atoms with Crippen LogP contribution in [0.25, 0.3) is 0 Å². The van der Waals surface area contributed by atoms with Crippen molar-refractivity contribution in [1.82, 2.24) is 10.2 Å². The Morgan fingerprint density at radius 1 is 1.20 bits per heavy atom. The Bertz CT molecular complexity index is 272. The van der Waals surface area contributed by atoms with Gasteiger partial charge in [-0.1, -0.05) is 20.3 Å². The van der Waals surface area contributed by atoms with Gasteiger partial charge in [0.1, 0.15) is 0 Å². The lowest BCUT2D eigenvalue weighted by Gasteiger charge is -2.39. The van der Waals surface area contributed by atoms with Crippen LogP contribution in [0.5, 0.6) is 0 Å². The molecule has 118 valence electrons. The molecule has 3 nitrogen and oxygen atoms in total. The Kier molecular flexibility index (Phi) is 6.79. The Balaban J connectivity index is 1.91. The second-order valence-corrected chi connectivity index (χ2v) is 6.88. The normalized spacial score (nSPS) is 35.5. The molecule has 0 bridgehead atoms. The average molecular weight is 282 g/mol. The first-order valence-corrected chi connectivity index (χ1v) is 8.86. The summed E-state index contributed by atoms with van der Waals surface area (Å²) in [6.45, 7) is 8.48. The molecule has 0 spiro atoms. The van der Waals surface area contributed by atoms with Gasteiger partial charge in [0.2, 0.25) is 0 Å². The molecule has 0 aromatic heterocycles. The van der Waals surface area contributed by atoms with Gasteiger partial charge in [0.25, 0.3) is 0 Å². The number of nitrogens with one attached hydrogen (secondary N) is 1. The summed E-state index contributed by atoms with van der Waals surface area (Å²) in [4.78, 5) is 2.56. The predicted octanol–water partition coefficient (Wildman–Crippen LogP) is 2.64. The van der Waals surface area contributed by atoms with Crippen molar-refractivity contribution in [2.75, 3.05) is 26.2 Å². The highest BCUT2D eigenvalue weighted by molar-refractivity contribution is 4.89. The van der Waals surface area contributed by atoms with Crippen LogP contribution in [0, 0.1) is 11.8 Å². The molecule has 1 aliphatic heterocycles. The first kappa shape index (κ1) is 16.3. The number of aliphatic hydroxyl groups is 1. The molecule has 2 N–H and O–H groups in total. The number of hydrogen-bond acceptors (Lipinski definition) is 3. The van der Waals surface area contributed by atoms with Crippen molar-refractivity contribution in [1.29, 1.82) is 0 Å². The Morgan fingerprint density at radius 3 is 2.75 bits per heavy atom. The minimum atomic E-state index is 0.344. The molecular formula is C17H34N2O. The number of nitrogens with zero attached hydrogens (tertiary/aromatic N) is 1. The standard InChI is InChI=1S/C17H34N2O/c1-3-9-18-17-8-7-14(4-2)11-15(17)12-19-10-5-6-16(19)13-20/h14-18,20H,3-13H2,1-2H3. The fourth-order valence-electron chi connectivity index (χ4n) is 4.18. The molecule has 2 fully saturated rings. The van der Waals surface area contributed by atoms with Crippen molar-refractivity contribution in [3.63, 3.8) is 0 Å². The molecule has 0 amide bonds. The van der Waals surface area contributed by atoms with E-state index in [1.807, 2.05) is 0 Å². The summed E-state index contributed by atoms with van der Waals surface area (Å²) >= 11 is 0. The number of likely N-dealkylation sites (tertiary alicyclic amines) is 1. The van der Waals surface area contributed by atoms with Crippen molar-refractivity contribution in [3.05, 3.63) is 0 Å². The minimum Gasteiger partial charge on any atom is -0.395 e. The lowest BCUT2D eigenvalue weighted by molar-refractivity contribution is 0.103. The molecule has 0 aromatic carbocycles. The molecule has 4 unspecified atom stereocenters. The maximum atomic E-state index is 9.51. The van der Waals surface area contributed by atoms with E-state index in [0.717, 1.165) is 18.4 Å². The van der Waals surface area contributed by atoms with Gasteiger partial charge in [0.15, 0.2) is 0 Å². The van der Waals surface area contributed by atoms with E-state index in [1.54, 1.807) is 0 Å². The molecule has 0 aromatic rings. The minimum absolute atomic E-state index is 0.344. The number of rotatable bonds is 7. The van der Waals surface area contributed by atoms with Crippen LogP contribution in [0.1, 0.15) is 58.8 Å². The second-order valence-electron chi connectivity index (χ2n) is 6.88. The third-order valence-corrected chi connectivity index (χ3v) is 5.50. The first-order chi connectivity index (χ1) is 9.78. The summed E-state index contributed by atoms with van der Waals surface area (Å²) in [6.07, 6.45) is 9.14. The number of hydrogen-bond donors (Lipinski definition) is 2. The molecule has 1 aliphatic carbocycles. The molecule has 20 heavy (non-hydrogen) atoms. The van der Waals surface area contributed by atoms with Crippen LogP contribution in [0.3, 0.4) is 0 Å². The summed E-state index contributed by atoms with van der Waals surface area (Å²) in [5.74, 6) is 1.71. The molecular weight excluding hydrogens is 248 g/mol. The van der Waals surface area contributed by atoms with Crippen LogP contribution in [0.2, 0.25) is 0 Å². The molecule has 3 heteroatoms. The van der Waals surface area contributed by atoms with Gasteiger partial charge >= 0.3 is 0 Å². The Morgan fingerprint density at radius 2 is 2.05 bits per heavy atom. The molecule has 1 saturated carbocycles. The highest BCUT2D eigenvalue weighted by Gasteiger charge is 2.33. The third-order valence-electron chi connectivity index (χ3n) is 5.50. The van der Waals surface area contributed by atoms with Gasteiger partial charge in [-0.25, -0.2) is 0 Å². The zero-order chi connectivity index (χ0) is 14.4. The van der Waals surface area contributed by atoms with E-state index in [-0.39, 0.29) is 0 Å². The quantitative estimate of drug-likeness (QED) is 0.753. The number of aliphatic hydroxyl groups excluding tert-OH is 1. The lowest BCUT2D eigenvalue weighted by atomic mass is 9.76. The van der Waals surface area contributed by atoms with E-state index in [9.17, 15) is 5.11 Å². The van der Waals surface area contributed by atoms with Gasteiger partial charge in [-0.15, -0.1) is 0 Å².